The molecule has 3 nitrogen and oxygen atoms in total. The molecule has 0 saturated heterocycles. The monoisotopic (exact) mass is 337 g/mol. The number of rotatable bonds is 7. The minimum Gasteiger partial charge on any atom is -0.313 e. The summed E-state index contributed by atoms with van der Waals surface area (Å²) in [4.78, 5) is 0. The maximum absolute atomic E-state index is 13.0. The Balaban J connectivity index is 2.32. The Hall–Kier alpha value is -0.460. The molecular formula is C12H17BrFNO2S. The first kappa shape index (κ1) is 15.6. The zero-order valence-electron chi connectivity index (χ0n) is 10.2. The van der Waals surface area contributed by atoms with Crippen LogP contribution in [0.25, 0.3) is 0 Å². The normalized spacial score (nSPS) is 11.7. The number of hydrogen-bond donors (Lipinski definition) is 1. The Morgan fingerprint density at radius 1 is 1.39 bits per heavy atom. The van der Waals surface area contributed by atoms with E-state index >= 15 is 0 Å². The molecule has 0 unspecified atom stereocenters. The Morgan fingerprint density at radius 2 is 2.11 bits per heavy atom. The van der Waals surface area contributed by atoms with Gasteiger partial charge in [0.15, 0.2) is 0 Å². The largest absolute Gasteiger partial charge is 0.313 e. The van der Waals surface area contributed by atoms with E-state index in [1.165, 1.54) is 12.1 Å². The standard InChI is InChI=1S/C12H17BrFNO2S/c1-2-18(16,17)7-3-6-15-9-10-8-11(14)4-5-12(10)13/h4-5,8,15H,2-3,6-7,9H2,1H3. The molecule has 1 rings (SSSR count). The first-order valence-electron chi connectivity index (χ1n) is 5.79. The molecule has 1 aromatic rings. The van der Waals surface area contributed by atoms with E-state index in [1.807, 2.05) is 0 Å². The molecule has 18 heavy (non-hydrogen) atoms. The number of halogens is 2. The first-order valence-corrected chi connectivity index (χ1v) is 8.41. The van der Waals surface area contributed by atoms with Crippen molar-refractivity contribution < 1.29 is 12.8 Å². The fourth-order valence-corrected chi connectivity index (χ4v) is 2.72. The molecule has 0 fully saturated rings. The van der Waals surface area contributed by atoms with E-state index in [4.69, 9.17) is 0 Å². The summed E-state index contributed by atoms with van der Waals surface area (Å²) in [6.07, 6.45) is 0.573. The van der Waals surface area contributed by atoms with Crippen molar-refractivity contribution >= 4 is 25.8 Å². The van der Waals surface area contributed by atoms with Gasteiger partial charge < -0.3 is 5.32 Å². The molecule has 0 heterocycles. The van der Waals surface area contributed by atoms with Crippen LogP contribution >= 0.6 is 15.9 Å². The average Bonchev–Trinajstić information content (AvgIpc) is 2.33. The van der Waals surface area contributed by atoms with Crippen LogP contribution in [0.15, 0.2) is 22.7 Å². The second-order valence-corrected chi connectivity index (χ2v) is 7.33. The van der Waals surface area contributed by atoms with Gasteiger partial charge in [-0.15, -0.1) is 0 Å². The van der Waals surface area contributed by atoms with Gasteiger partial charge in [0, 0.05) is 16.8 Å². The third kappa shape index (κ3) is 5.46. The van der Waals surface area contributed by atoms with E-state index in [9.17, 15) is 12.8 Å². The summed E-state index contributed by atoms with van der Waals surface area (Å²) in [6.45, 7) is 2.76. The van der Waals surface area contributed by atoms with Crippen LogP contribution in [-0.4, -0.2) is 26.5 Å². The summed E-state index contributed by atoms with van der Waals surface area (Å²) in [7, 11) is -2.89. The lowest BCUT2D eigenvalue weighted by atomic mass is 10.2. The van der Waals surface area contributed by atoms with E-state index in [0.29, 0.717) is 19.5 Å². The molecule has 0 aromatic heterocycles. The fourth-order valence-electron chi connectivity index (χ4n) is 1.46. The summed E-state index contributed by atoms with van der Waals surface area (Å²) in [5.41, 5.74) is 0.827. The Bertz CT molecular complexity index is 491. The molecule has 102 valence electrons. The fraction of sp³-hybridized carbons (Fsp3) is 0.500. The van der Waals surface area contributed by atoms with Crippen LogP contribution in [0.2, 0.25) is 0 Å². The second kappa shape index (κ2) is 7.21. The smallest absolute Gasteiger partial charge is 0.150 e. The zero-order valence-corrected chi connectivity index (χ0v) is 12.7. The Kier molecular flexibility index (Phi) is 6.25. The van der Waals surface area contributed by atoms with Crippen LogP contribution in [0.5, 0.6) is 0 Å². The van der Waals surface area contributed by atoms with Crippen LogP contribution in [0.1, 0.15) is 18.9 Å². The summed E-state index contributed by atoms with van der Waals surface area (Å²) < 4.78 is 36.3. The predicted octanol–water partition coefficient (Wildman–Crippen LogP) is 2.50. The number of benzene rings is 1. The molecule has 0 bridgehead atoms. The van der Waals surface area contributed by atoms with Gasteiger partial charge in [0.1, 0.15) is 15.7 Å². The summed E-state index contributed by atoms with van der Waals surface area (Å²) in [6, 6.07) is 4.51. The van der Waals surface area contributed by atoms with Crippen molar-refractivity contribution in [2.75, 3.05) is 18.1 Å². The van der Waals surface area contributed by atoms with Crippen molar-refractivity contribution in [3.8, 4) is 0 Å². The molecule has 0 atom stereocenters. The lowest BCUT2D eigenvalue weighted by Crippen LogP contribution is -2.19. The van der Waals surface area contributed by atoms with Crippen molar-refractivity contribution in [2.45, 2.75) is 19.9 Å². The van der Waals surface area contributed by atoms with E-state index < -0.39 is 9.84 Å². The maximum atomic E-state index is 13.0. The lowest BCUT2D eigenvalue weighted by Gasteiger charge is -2.07. The average molecular weight is 338 g/mol. The highest BCUT2D eigenvalue weighted by atomic mass is 79.9. The molecule has 0 aliphatic heterocycles. The van der Waals surface area contributed by atoms with Crippen LogP contribution in [0.4, 0.5) is 4.39 Å². The van der Waals surface area contributed by atoms with Gasteiger partial charge in [-0.05, 0) is 36.7 Å². The quantitative estimate of drug-likeness (QED) is 0.777. The molecule has 0 amide bonds. The van der Waals surface area contributed by atoms with Gasteiger partial charge in [0.25, 0.3) is 0 Å². The highest BCUT2D eigenvalue weighted by Crippen LogP contribution is 2.17. The zero-order chi connectivity index (χ0) is 13.6. The Morgan fingerprint density at radius 3 is 2.78 bits per heavy atom. The molecular weight excluding hydrogens is 321 g/mol. The number of nitrogens with one attached hydrogen (secondary N) is 1. The van der Waals surface area contributed by atoms with E-state index in [2.05, 4.69) is 21.2 Å². The Labute approximate surface area is 116 Å². The molecule has 0 aliphatic rings. The summed E-state index contributed by atoms with van der Waals surface area (Å²) >= 11 is 3.34. The lowest BCUT2D eigenvalue weighted by molar-refractivity contribution is 0.589. The second-order valence-electron chi connectivity index (χ2n) is 4.00. The third-order valence-corrected chi connectivity index (χ3v) is 5.14. The van der Waals surface area contributed by atoms with Crippen LogP contribution < -0.4 is 5.32 Å². The molecule has 0 spiro atoms. The molecule has 0 radical (unpaired) electrons. The van der Waals surface area contributed by atoms with Crippen molar-refractivity contribution in [3.05, 3.63) is 34.1 Å². The molecule has 0 saturated carbocycles. The van der Waals surface area contributed by atoms with Gasteiger partial charge in [-0.1, -0.05) is 22.9 Å². The highest BCUT2D eigenvalue weighted by Gasteiger charge is 2.06. The summed E-state index contributed by atoms with van der Waals surface area (Å²) in [5.74, 6) is 0.104. The SMILES string of the molecule is CCS(=O)(=O)CCCNCc1cc(F)ccc1Br. The van der Waals surface area contributed by atoms with E-state index in [0.717, 1.165) is 10.0 Å². The maximum Gasteiger partial charge on any atom is 0.150 e. The molecule has 6 heteroatoms. The number of hydrogen-bond acceptors (Lipinski definition) is 3. The highest BCUT2D eigenvalue weighted by molar-refractivity contribution is 9.10. The van der Waals surface area contributed by atoms with Crippen molar-refractivity contribution in [1.29, 1.82) is 0 Å². The summed E-state index contributed by atoms with van der Waals surface area (Å²) in [5, 5.41) is 3.11. The van der Waals surface area contributed by atoms with Crippen molar-refractivity contribution in [1.82, 2.24) is 5.32 Å². The third-order valence-electron chi connectivity index (χ3n) is 2.57. The van der Waals surface area contributed by atoms with Crippen LogP contribution in [-0.2, 0) is 16.4 Å². The van der Waals surface area contributed by atoms with Crippen molar-refractivity contribution in [2.24, 2.45) is 0 Å². The minimum atomic E-state index is -2.89. The minimum absolute atomic E-state index is 0.183. The molecule has 1 N–H and O–H groups in total. The predicted molar refractivity (Wildman–Crippen MR) is 74.8 cm³/mol. The van der Waals surface area contributed by atoms with Crippen molar-refractivity contribution in [3.63, 3.8) is 0 Å². The van der Waals surface area contributed by atoms with E-state index in [-0.39, 0.29) is 17.3 Å². The van der Waals surface area contributed by atoms with Gasteiger partial charge in [-0.2, -0.15) is 0 Å². The van der Waals surface area contributed by atoms with E-state index in [1.54, 1.807) is 13.0 Å². The van der Waals surface area contributed by atoms with Gasteiger partial charge in [-0.25, -0.2) is 12.8 Å². The van der Waals surface area contributed by atoms with Gasteiger partial charge in [0.05, 0.1) is 5.75 Å². The molecule has 0 aliphatic carbocycles. The van der Waals surface area contributed by atoms with Crippen LogP contribution in [0.3, 0.4) is 0 Å². The first-order chi connectivity index (χ1) is 8.44. The van der Waals surface area contributed by atoms with Gasteiger partial charge in [0.2, 0.25) is 0 Å². The molecule has 1 aromatic carbocycles. The van der Waals surface area contributed by atoms with Gasteiger partial charge >= 0.3 is 0 Å². The van der Waals surface area contributed by atoms with Gasteiger partial charge in [-0.3, -0.25) is 0 Å². The number of sulfone groups is 1. The van der Waals surface area contributed by atoms with Crippen LogP contribution in [0, 0.1) is 5.82 Å². The topological polar surface area (TPSA) is 46.2 Å².